The molecule has 0 fully saturated rings. The molecule has 0 saturated carbocycles. The minimum absolute atomic E-state index is 0.196. The van der Waals surface area contributed by atoms with E-state index in [1.165, 1.54) is 6.07 Å². The molecule has 6 heteroatoms. The lowest BCUT2D eigenvalue weighted by Crippen LogP contribution is -1.75. The van der Waals surface area contributed by atoms with Gasteiger partial charge in [-0.3, -0.25) is 0 Å². The van der Waals surface area contributed by atoms with E-state index in [1.54, 1.807) is 18.2 Å². The van der Waals surface area contributed by atoms with Gasteiger partial charge in [-0.05, 0) is 24.3 Å². The predicted molar refractivity (Wildman–Crippen MR) is 91.3 cm³/mol. The molecule has 0 bridgehead atoms. The molecule has 0 aliphatic carbocycles. The van der Waals surface area contributed by atoms with Gasteiger partial charge in [-0.2, -0.15) is 0 Å². The summed E-state index contributed by atoms with van der Waals surface area (Å²) in [5, 5.41) is 20.8. The fourth-order valence-corrected chi connectivity index (χ4v) is 2.63. The number of azo groups is 1. The number of phenolic OH excluding ortho intramolecular Hbond substituents is 1. The van der Waals surface area contributed by atoms with E-state index in [9.17, 15) is 5.11 Å². The smallest absolute Gasteiger partial charge is 0.123 e. The Morgan fingerprint density at radius 2 is 1.32 bits per heavy atom. The quantitative estimate of drug-likeness (QED) is 0.395. The third-order valence-electron chi connectivity index (χ3n) is 3.13. The minimum Gasteiger partial charge on any atom is -0.507 e. The first-order valence-electron chi connectivity index (χ1n) is 6.33. The third-order valence-corrected chi connectivity index (χ3v) is 4.16. The Hall–Kier alpha value is -1.81. The Kier molecular flexibility index (Phi) is 4.21. The van der Waals surface area contributed by atoms with Crippen LogP contribution >= 0.6 is 34.8 Å². The van der Waals surface area contributed by atoms with E-state index < -0.39 is 0 Å². The van der Waals surface area contributed by atoms with Crippen molar-refractivity contribution in [2.75, 3.05) is 0 Å². The summed E-state index contributed by atoms with van der Waals surface area (Å²) in [6.07, 6.45) is 0. The highest BCUT2D eigenvalue weighted by molar-refractivity contribution is 6.43. The number of aromatic hydroxyl groups is 1. The van der Waals surface area contributed by atoms with Crippen LogP contribution in [-0.2, 0) is 0 Å². The molecule has 3 aromatic rings. The van der Waals surface area contributed by atoms with Crippen LogP contribution in [0.5, 0.6) is 5.75 Å². The van der Waals surface area contributed by atoms with E-state index in [0.717, 1.165) is 5.39 Å². The van der Waals surface area contributed by atoms with Crippen LogP contribution in [0.2, 0.25) is 15.1 Å². The highest BCUT2D eigenvalue weighted by atomic mass is 35.5. The van der Waals surface area contributed by atoms with Gasteiger partial charge in [-0.15, -0.1) is 10.2 Å². The van der Waals surface area contributed by atoms with Gasteiger partial charge < -0.3 is 5.11 Å². The number of phenols is 1. The van der Waals surface area contributed by atoms with Gasteiger partial charge in [0.05, 0.1) is 20.8 Å². The van der Waals surface area contributed by atoms with E-state index in [1.807, 2.05) is 24.3 Å². The SMILES string of the molecule is Oc1ccc(N=Nc2cc(Cl)c(Cl)cc2Cl)c2ccccc12. The maximum absolute atomic E-state index is 9.87. The molecule has 3 rings (SSSR count). The van der Waals surface area contributed by atoms with Crippen molar-refractivity contribution in [2.24, 2.45) is 10.2 Å². The largest absolute Gasteiger partial charge is 0.507 e. The molecule has 0 radical (unpaired) electrons. The summed E-state index contributed by atoms with van der Waals surface area (Å²) in [5.74, 6) is 0.196. The highest BCUT2D eigenvalue weighted by Gasteiger charge is 2.07. The van der Waals surface area contributed by atoms with Gasteiger partial charge in [0.15, 0.2) is 0 Å². The summed E-state index contributed by atoms with van der Waals surface area (Å²) in [6, 6.07) is 13.7. The Morgan fingerprint density at radius 1 is 0.682 bits per heavy atom. The lowest BCUT2D eigenvalue weighted by Gasteiger charge is -2.04. The topological polar surface area (TPSA) is 45.0 Å². The maximum atomic E-state index is 9.87. The second-order valence-electron chi connectivity index (χ2n) is 4.57. The molecule has 0 aromatic heterocycles. The van der Waals surface area contributed by atoms with Gasteiger partial charge in [0.25, 0.3) is 0 Å². The van der Waals surface area contributed by atoms with Crippen LogP contribution in [-0.4, -0.2) is 5.11 Å². The van der Waals surface area contributed by atoms with Gasteiger partial charge >= 0.3 is 0 Å². The summed E-state index contributed by atoms with van der Waals surface area (Å²) in [6.45, 7) is 0. The van der Waals surface area contributed by atoms with Crippen molar-refractivity contribution in [3.63, 3.8) is 0 Å². The number of benzene rings is 3. The molecule has 0 aliphatic heterocycles. The lowest BCUT2D eigenvalue weighted by molar-refractivity contribution is 0.481. The van der Waals surface area contributed by atoms with Gasteiger partial charge in [-0.1, -0.05) is 59.1 Å². The molecule has 0 aliphatic rings. The van der Waals surface area contributed by atoms with Crippen molar-refractivity contribution in [3.05, 3.63) is 63.6 Å². The number of fused-ring (bicyclic) bond motifs is 1. The Labute approximate surface area is 141 Å². The van der Waals surface area contributed by atoms with Crippen LogP contribution in [0.4, 0.5) is 11.4 Å². The van der Waals surface area contributed by atoms with Crippen LogP contribution in [0, 0.1) is 0 Å². The van der Waals surface area contributed by atoms with Gasteiger partial charge in [-0.25, -0.2) is 0 Å². The zero-order valence-electron chi connectivity index (χ0n) is 11.1. The zero-order chi connectivity index (χ0) is 15.7. The van der Waals surface area contributed by atoms with Crippen molar-refractivity contribution in [2.45, 2.75) is 0 Å². The van der Waals surface area contributed by atoms with Gasteiger partial charge in [0.1, 0.15) is 11.4 Å². The van der Waals surface area contributed by atoms with Gasteiger partial charge in [0.2, 0.25) is 0 Å². The summed E-state index contributed by atoms with van der Waals surface area (Å²) in [4.78, 5) is 0. The minimum atomic E-state index is 0.196. The molecular formula is C16H9Cl3N2O. The normalized spacial score (nSPS) is 11.4. The number of halogens is 3. The number of nitrogens with zero attached hydrogens (tertiary/aromatic N) is 2. The van der Waals surface area contributed by atoms with Crippen LogP contribution < -0.4 is 0 Å². The van der Waals surface area contributed by atoms with E-state index in [-0.39, 0.29) is 5.75 Å². The van der Waals surface area contributed by atoms with Crippen molar-refractivity contribution in [1.29, 1.82) is 0 Å². The molecule has 0 spiro atoms. The molecule has 0 atom stereocenters. The Balaban J connectivity index is 2.07. The first kappa shape index (κ1) is 15.1. The van der Waals surface area contributed by atoms with E-state index >= 15 is 0 Å². The molecule has 110 valence electrons. The van der Waals surface area contributed by atoms with Crippen molar-refractivity contribution < 1.29 is 5.11 Å². The molecule has 0 unspecified atom stereocenters. The predicted octanol–water partition coefficient (Wildman–Crippen LogP) is 6.92. The molecule has 3 nitrogen and oxygen atoms in total. The summed E-state index contributed by atoms with van der Waals surface area (Å²) < 4.78 is 0. The molecule has 0 heterocycles. The van der Waals surface area contributed by atoms with E-state index in [2.05, 4.69) is 10.2 Å². The van der Waals surface area contributed by atoms with Crippen LogP contribution in [0.1, 0.15) is 0 Å². The highest BCUT2D eigenvalue weighted by Crippen LogP contribution is 2.37. The van der Waals surface area contributed by atoms with Crippen LogP contribution in [0.15, 0.2) is 58.8 Å². The lowest BCUT2D eigenvalue weighted by atomic mass is 10.1. The summed E-state index contributed by atoms with van der Waals surface area (Å²) >= 11 is 17.9. The first-order valence-corrected chi connectivity index (χ1v) is 7.46. The Bertz CT molecular complexity index is 894. The number of hydrogen-bond donors (Lipinski definition) is 1. The second-order valence-corrected chi connectivity index (χ2v) is 5.79. The summed E-state index contributed by atoms with van der Waals surface area (Å²) in [5.41, 5.74) is 1.05. The second kappa shape index (κ2) is 6.13. The van der Waals surface area contributed by atoms with Gasteiger partial charge in [0, 0.05) is 10.8 Å². The van der Waals surface area contributed by atoms with E-state index in [0.29, 0.717) is 31.8 Å². The third kappa shape index (κ3) is 2.88. The Morgan fingerprint density at radius 3 is 2.09 bits per heavy atom. The maximum Gasteiger partial charge on any atom is 0.123 e. The molecule has 0 amide bonds. The van der Waals surface area contributed by atoms with Crippen LogP contribution in [0.25, 0.3) is 10.8 Å². The standard InChI is InChI=1S/C16H9Cl3N2O/c17-11-7-13(19)15(8-12(11)18)21-20-14-5-6-16(22)10-4-2-1-3-9(10)14/h1-8,22H. The summed E-state index contributed by atoms with van der Waals surface area (Å²) in [7, 11) is 0. The van der Waals surface area contributed by atoms with Crippen molar-refractivity contribution in [1.82, 2.24) is 0 Å². The van der Waals surface area contributed by atoms with Crippen LogP contribution in [0.3, 0.4) is 0 Å². The average molecular weight is 352 g/mol. The molecule has 3 aromatic carbocycles. The van der Waals surface area contributed by atoms with E-state index in [4.69, 9.17) is 34.8 Å². The van der Waals surface area contributed by atoms with Crippen molar-refractivity contribution in [3.8, 4) is 5.75 Å². The fraction of sp³-hybridized carbons (Fsp3) is 0. The molecule has 22 heavy (non-hydrogen) atoms. The monoisotopic (exact) mass is 350 g/mol. The number of hydrogen-bond acceptors (Lipinski definition) is 3. The fourth-order valence-electron chi connectivity index (χ4n) is 2.05. The number of rotatable bonds is 2. The zero-order valence-corrected chi connectivity index (χ0v) is 13.4. The molecular weight excluding hydrogens is 343 g/mol. The first-order chi connectivity index (χ1) is 10.6. The molecule has 1 N–H and O–H groups in total. The van der Waals surface area contributed by atoms with Crippen molar-refractivity contribution >= 4 is 57.0 Å². The molecule has 0 saturated heterocycles. The average Bonchev–Trinajstić information content (AvgIpc) is 2.51.